The van der Waals surface area contributed by atoms with Crippen molar-refractivity contribution in [2.24, 2.45) is 5.73 Å². The summed E-state index contributed by atoms with van der Waals surface area (Å²) in [5.74, 6) is 0.920. The van der Waals surface area contributed by atoms with E-state index in [9.17, 15) is 5.11 Å². The summed E-state index contributed by atoms with van der Waals surface area (Å²) in [6.45, 7) is 5.09. The Hall–Kier alpha value is -1.30. The summed E-state index contributed by atoms with van der Waals surface area (Å²) in [4.78, 5) is 4.64. The van der Waals surface area contributed by atoms with Gasteiger partial charge < -0.3 is 20.5 Å². The first-order valence-corrected chi connectivity index (χ1v) is 7.23. The summed E-state index contributed by atoms with van der Waals surface area (Å²) in [6, 6.07) is 8.11. The molecule has 1 fully saturated rings. The van der Waals surface area contributed by atoms with Gasteiger partial charge in [0.05, 0.1) is 18.9 Å². The maximum atomic E-state index is 9.81. The van der Waals surface area contributed by atoms with Gasteiger partial charge in [-0.05, 0) is 25.1 Å². The van der Waals surface area contributed by atoms with Gasteiger partial charge in [0.2, 0.25) is 0 Å². The van der Waals surface area contributed by atoms with Crippen LogP contribution in [0.1, 0.15) is 6.42 Å². The minimum atomic E-state index is -0.308. The summed E-state index contributed by atoms with van der Waals surface area (Å²) < 4.78 is 5.41. The Morgan fingerprint density at radius 2 is 1.95 bits per heavy atom. The number of hydrogen-bond donors (Lipinski definition) is 2. The summed E-state index contributed by atoms with van der Waals surface area (Å²) >= 11 is 0. The molecule has 3 N–H and O–H groups in total. The van der Waals surface area contributed by atoms with Crippen molar-refractivity contribution in [2.45, 2.75) is 12.5 Å². The number of piperazine rings is 1. The Bertz CT molecular complexity index is 406. The number of hydrogen-bond acceptors (Lipinski definition) is 5. The van der Waals surface area contributed by atoms with Gasteiger partial charge >= 0.3 is 0 Å². The summed E-state index contributed by atoms with van der Waals surface area (Å²) in [7, 11) is 1.71. The van der Waals surface area contributed by atoms with Crippen LogP contribution >= 0.6 is 0 Å². The van der Waals surface area contributed by atoms with Crippen LogP contribution in [0.2, 0.25) is 0 Å². The molecule has 1 aliphatic rings. The zero-order valence-corrected chi connectivity index (χ0v) is 12.2. The molecular formula is C15H25N3O2. The van der Waals surface area contributed by atoms with Gasteiger partial charge in [0.1, 0.15) is 5.75 Å². The lowest BCUT2D eigenvalue weighted by atomic mass is 10.2. The van der Waals surface area contributed by atoms with Crippen molar-refractivity contribution in [3.63, 3.8) is 0 Å². The molecule has 2 rings (SSSR count). The van der Waals surface area contributed by atoms with Crippen molar-refractivity contribution >= 4 is 5.69 Å². The van der Waals surface area contributed by atoms with Gasteiger partial charge in [0, 0.05) is 32.7 Å². The summed E-state index contributed by atoms with van der Waals surface area (Å²) in [5, 5.41) is 9.81. The molecule has 0 aliphatic carbocycles. The second kappa shape index (κ2) is 7.47. The molecule has 1 saturated heterocycles. The molecule has 5 heteroatoms. The number of aliphatic hydroxyl groups excluding tert-OH is 1. The van der Waals surface area contributed by atoms with E-state index in [0.717, 1.165) is 44.2 Å². The van der Waals surface area contributed by atoms with Crippen LogP contribution in [-0.4, -0.2) is 62.5 Å². The largest absolute Gasteiger partial charge is 0.495 e. The highest BCUT2D eigenvalue weighted by molar-refractivity contribution is 5.58. The van der Waals surface area contributed by atoms with Gasteiger partial charge in [-0.25, -0.2) is 0 Å². The van der Waals surface area contributed by atoms with Crippen LogP contribution in [0.15, 0.2) is 24.3 Å². The standard InChI is InChI=1S/C15H25N3O2/c1-20-15-5-3-2-4-14(15)18-10-8-17(9-11-18)12-13(19)6-7-16/h2-5,13,19H,6-12,16H2,1H3. The van der Waals surface area contributed by atoms with Crippen LogP contribution in [0.3, 0.4) is 0 Å². The van der Waals surface area contributed by atoms with E-state index < -0.39 is 0 Å². The van der Waals surface area contributed by atoms with E-state index in [1.165, 1.54) is 0 Å². The van der Waals surface area contributed by atoms with Crippen molar-refractivity contribution in [3.8, 4) is 5.75 Å². The minimum Gasteiger partial charge on any atom is -0.495 e. The predicted molar refractivity (Wildman–Crippen MR) is 81.3 cm³/mol. The van der Waals surface area contributed by atoms with Crippen molar-refractivity contribution in [3.05, 3.63) is 24.3 Å². The number of benzene rings is 1. The molecule has 1 heterocycles. The maximum Gasteiger partial charge on any atom is 0.142 e. The number of aliphatic hydroxyl groups is 1. The van der Waals surface area contributed by atoms with E-state index in [2.05, 4.69) is 15.9 Å². The molecule has 1 aliphatic heterocycles. The third-order valence-electron chi connectivity index (χ3n) is 3.77. The van der Waals surface area contributed by atoms with Crippen LogP contribution in [0, 0.1) is 0 Å². The highest BCUT2D eigenvalue weighted by Crippen LogP contribution is 2.28. The van der Waals surface area contributed by atoms with Crippen LogP contribution in [0.4, 0.5) is 5.69 Å². The van der Waals surface area contributed by atoms with Crippen molar-refractivity contribution in [2.75, 3.05) is 51.3 Å². The highest BCUT2D eigenvalue weighted by Gasteiger charge is 2.20. The molecule has 112 valence electrons. The Morgan fingerprint density at radius 1 is 1.25 bits per heavy atom. The second-order valence-corrected chi connectivity index (χ2v) is 5.19. The molecule has 0 radical (unpaired) electrons. The van der Waals surface area contributed by atoms with E-state index in [1.807, 2.05) is 18.2 Å². The molecule has 5 nitrogen and oxygen atoms in total. The monoisotopic (exact) mass is 279 g/mol. The molecule has 1 unspecified atom stereocenters. The van der Waals surface area contributed by atoms with Crippen molar-refractivity contribution < 1.29 is 9.84 Å². The zero-order valence-electron chi connectivity index (χ0n) is 12.2. The molecule has 20 heavy (non-hydrogen) atoms. The Labute approximate surface area is 120 Å². The van der Waals surface area contributed by atoms with Gasteiger partial charge in [-0.15, -0.1) is 0 Å². The first-order chi connectivity index (χ1) is 9.74. The summed E-state index contributed by atoms with van der Waals surface area (Å²) in [5.41, 5.74) is 6.61. The van der Waals surface area contributed by atoms with E-state index in [-0.39, 0.29) is 6.10 Å². The summed E-state index contributed by atoms with van der Waals surface area (Å²) in [6.07, 6.45) is 0.366. The first kappa shape index (κ1) is 15.1. The number of ether oxygens (including phenoxy) is 1. The molecule has 1 aromatic carbocycles. The van der Waals surface area contributed by atoms with Gasteiger partial charge in [-0.1, -0.05) is 12.1 Å². The maximum absolute atomic E-state index is 9.81. The highest BCUT2D eigenvalue weighted by atomic mass is 16.5. The molecule has 0 amide bonds. The molecular weight excluding hydrogens is 254 g/mol. The van der Waals surface area contributed by atoms with Crippen molar-refractivity contribution in [1.82, 2.24) is 4.90 Å². The topological polar surface area (TPSA) is 62.0 Å². The molecule has 1 atom stereocenters. The fraction of sp³-hybridized carbons (Fsp3) is 0.600. The van der Waals surface area contributed by atoms with E-state index in [4.69, 9.17) is 10.5 Å². The van der Waals surface area contributed by atoms with Gasteiger partial charge in [-0.2, -0.15) is 0 Å². The average Bonchev–Trinajstić information content (AvgIpc) is 2.48. The SMILES string of the molecule is COc1ccccc1N1CCN(CC(O)CCN)CC1. The fourth-order valence-electron chi connectivity index (χ4n) is 2.64. The normalized spacial score (nSPS) is 18.1. The number of nitrogens with zero attached hydrogens (tertiary/aromatic N) is 2. The van der Waals surface area contributed by atoms with Crippen LogP contribution in [0.25, 0.3) is 0 Å². The average molecular weight is 279 g/mol. The van der Waals surface area contributed by atoms with Gasteiger partial charge in [-0.3, -0.25) is 4.90 Å². The quantitative estimate of drug-likeness (QED) is 0.795. The Balaban J connectivity index is 1.88. The number of rotatable bonds is 6. The molecule has 0 spiro atoms. The number of β-amino-alcohol motifs (C(OH)–C–C–N with tert-alkyl or cyclic N) is 1. The lowest BCUT2D eigenvalue weighted by molar-refractivity contribution is 0.104. The van der Waals surface area contributed by atoms with Gasteiger partial charge in [0.25, 0.3) is 0 Å². The van der Waals surface area contributed by atoms with E-state index in [1.54, 1.807) is 7.11 Å². The van der Waals surface area contributed by atoms with Gasteiger partial charge in [0.15, 0.2) is 0 Å². The predicted octanol–water partition coefficient (Wildman–Crippen LogP) is 0.527. The van der Waals surface area contributed by atoms with Crippen LogP contribution < -0.4 is 15.4 Å². The number of methoxy groups -OCH3 is 1. The zero-order chi connectivity index (χ0) is 14.4. The van der Waals surface area contributed by atoms with Crippen LogP contribution in [0.5, 0.6) is 5.75 Å². The minimum absolute atomic E-state index is 0.308. The lowest BCUT2D eigenvalue weighted by Crippen LogP contribution is -2.48. The Morgan fingerprint density at radius 3 is 2.60 bits per heavy atom. The second-order valence-electron chi connectivity index (χ2n) is 5.19. The number of para-hydroxylation sites is 2. The fourth-order valence-corrected chi connectivity index (χ4v) is 2.64. The number of nitrogens with two attached hydrogens (primary N) is 1. The molecule has 0 aromatic heterocycles. The van der Waals surface area contributed by atoms with Crippen LogP contribution in [-0.2, 0) is 0 Å². The van der Waals surface area contributed by atoms with Crippen molar-refractivity contribution in [1.29, 1.82) is 0 Å². The third-order valence-corrected chi connectivity index (χ3v) is 3.77. The number of anilines is 1. The molecule has 0 saturated carbocycles. The Kier molecular flexibility index (Phi) is 5.64. The third kappa shape index (κ3) is 3.85. The molecule has 0 bridgehead atoms. The smallest absolute Gasteiger partial charge is 0.142 e. The first-order valence-electron chi connectivity index (χ1n) is 7.23. The molecule has 1 aromatic rings. The lowest BCUT2D eigenvalue weighted by Gasteiger charge is -2.37. The van der Waals surface area contributed by atoms with E-state index >= 15 is 0 Å². The van der Waals surface area contributed by atoms with E-state index in [0.29, 0.717) is 13.0 Å².